The van der Waals surface area contributed by atoms with Crippen LogP contribution in [0.2, 0.25) is 0 Å². The van der Waals surface area contributed by atoms with Crippen LogP contribution in [0.15, 0.2) is 18.7 Å². The molecule has 0 radical (unpaired) electrons. The Morgan fingerprint density at radius 1 is 0.556 bits per heavy atom. The van der Waals surface area contributed by atoms with Gasteiger partial charge < -0.3 is 4.57 Å². The van der Waals surface area contributed by atoms with Crippen molar-refractivity contribution < 1.29 is 0 Å². The molecule has 0 aliphatic heterocycles. The van der Waals surface area contributed by atoms with E-state index in [1.54, 1.807) is 0 Å². The van der Waals surface area contributed by atoms with Crippen LogP contribution in [0.25, 0.3) is 0 Å². The van der Waals surface area contributed by atoms with Crippen molar-refractivity contribution in [2.24, 2.45) is 5.92 Å². The van der Waals surface area contributed by atoms with Gasteiger partial charge in [0.25, 0.3) is 0 Å². The van der Waals surface area contributed by atoms with E-state index in [0.29, 0.717) is 0 Å². The highest BCUT2D eigenvalue weighted by molar-refractivity contribution is 4.93. The van der Waals surface area contributed by atoms with Crippen molar-refractivity contribution in [2.75, 3.05) is 0 Å². The molecule has 0 spiro atoms. The molecule has 0 saturated carbocycles. The summed E-state index contributed by atoms with van der Waals surface area (Å²) in [6.45, 7) is 9.49. The third kappa shape index (κ3) is 15.5. The Labute approximate surface area is 227 Å². The molecule has 0 saturated heterocycles. The van der Waals surface area contributed by atoms with Gasteiger partial charge in [-0.1, -0.05) is 162 Å². The summed E-state index contributed by atoms with van der Waals surface area (Å²) in [5, 5.41) is 0. The molecule has 2 atom stereocenters. The van der Waals surface area contributed by atoms with Crippen LogP contribution in [0.1, 0.15) is 188 Å². The standard InChI is InChI=1S/C34H66N2/c1-5-8-10-12-14-16-18-19-21-23-25-27-29-33(34(4,7-3)36-31-30-35-32-36)28-26-24-22-20-17-15-13-11-9-6-2/h30-33H,5-29H2,1-4H3. The maximum absolute atomic E-state index is 4.40. The fourth-order valence-corrected chi connectivity index (χ4v) is 6.12. The lowest BCUT2D eigenvalue weighted by molar-refractivity contribution is 0.153. The molecule has 1 heterocycles. The third-order valence-corrected chi connectivity index (χ3v) is 9.00. The minimum atomic E-state index is 0.216. The molecule has 2 unspecified atom stereocenters. The van der Waals surface area contributed by atoms with Crippen LogP contribution in [-0.4, -0.2) is 9.55 Å². The van der Waals surface area contributed by atoms with Gasteiger partial charge in [0.2, 0.25) is 0 Å². The van der Waals surface area contributed by atoms with E-state index in [1.807, 2.05) is 6.20 Å². The highest BCUT2D eigenvalue weighted by Gasteiger charge is 2.33. The van der Waals surface area contributed by atoms with E-state index < -0.39 is 0 Å². The first-order valence-corrected chi connectivity index (χ1v) is 16.7. The van der Waals surface area contributed by atoms with E-state index in [1.165, 1.54) is 161 Å². The molecule has 2 heteroatoms. The number of hydrogen-bond donors (Lipinski definition) is 0. The molecule has 0 fully saturated rings. The van der Waals surface area contributed by atoms with Crippen molar-refractivity contribution in [3.8, 4) is 0 Å². The zero-order valence-electron chi connectivity index (χ0n) is 25.4. The molecular weight excluding hydrogens is 436 g/mol. The number of nitrogens with zero attached hydrogens (tertiary/aromatic N) is 2. The molecule has 1 rings (SSSR count). The molecule has 1 aromatic rings. The lowest BCUT2D eigenvalue weighted by atomic mass is 9.76. The van der Waals surface area contributed by atoms with E-state index in [-0.39, 0.29) is 5.54 Å². The quantitative estimate of drug-likeness (QED) is 0.109. The molecule has 1 aromatic heterocycles. The molecule has 0 aliphatic rings. The highest BCUT2D eigenvalue weighted by Crippen LogP contribution is 2.37. The maximum Gasteiger partial charge on any atom is 0.0951 e. The Bertz CT molecular complexity index is 552. The van der Waals surface area contributed by atoms with Gasteiger partial charge in [0.15, 0.2) is 0 Å². The summed E-state index contributed by atoms with van der Waals surface area (Å²) >= 11 is 0. The summed E-state index contributed by atoms with van der Waals surface area (Å²) in [5.41, 5.74) is 0.216. The number of aromatic nitrogens is 2. The van der Waals surface area contributed by atoms with Gasteiger partial charge in [-0.2, -0.15) is 0 Å². The average molecular weight is 503 g/mol. The predicted molar refractivity (Wildman–Crippen MR) is 162 cm³/mol. The van der Waals surface area contributed by atoms with E-state index in [0.717, 1.165) is 5.92 Å². The fourth-order valence-electron chi connectivity index (χ4n) is 6.12. The molecule has 0 aromatic carbocycles. The molecule has 36 heavy (non-hydrogen) atoms. The van der Waals surface area contributed by atoms with E-state index in [4.69, 9.17) is 0 Å². The smallest absolute Gasteiger partial charge is 0.0951 e. The Morgan fingerprint density at radius 3 is 1.22 bits per heavy atom. The van der Waals surface area contributed by atoms with Crippen molar-refractivity contribution >= 4 is 0 Å². The first-order chi connectivity index (χ1) is 17.7. The molecule has 0 amide bonds. The fraction of sp³-hybridized carbons (Fsp3) is 0.912. The van der Waals surface area contributed by atoms with Crippen molar-refractivity contribution in [3.05, 3.63) is 18.7 Å². The molecule has 2 nitrogen and oxygen atoms in total. The Morgan fingerprint density at radius 2 is 0.917 bits per heavy atom. The summed E-state index contributed by atoms with van der Waals surface area (Å²) in [6, 6.07) is 0. The second-order valence-corrected chi connectivity index (χ2v) is 12.0. The van der Waals surface area contributed by atoms with Gasteiger partial charge in [-0.3, -0.25) is 0 Å². The molecule has 0 N–H and O–H groups in total. The first kappa shape index (κ1) is 33.2. The van der Waals surface area contributed by atoms with Crippen LogP contribution in [-0.2, 0) is 5.54 Å². The molecule has 0 aliphatic carbocycles. The largest absolute Gasteiger partial charge is 0.331 e. The monoisotopic (exact) mass is 503 g/mol. The Hall–Kier alpha value is -0.790. The summed E-state index contributed by atoms with van der Waals surface area (Å²) in [7, 11) is 0. The van der Waals surface area contributed by atoms with E-state index >= 15 is 0 Å². The molecule has 212 valence electrons. The van der Waals surface area contributed by atoms with Crippen LogP contribution >= 0.6 is 0 Å². The van der Waals surface area contributed by atoms with Crippen LogP contribution in [0.5, 0.6) is 0 Å². The van der Waals surface area contributed by atoms with Crippen LogP contribution < -0.4 is 0 Å². The lowest BCUT2D eigenvalue weighted by Gasteiger charge is -2.39. The van der Waals surface area contributed by atoms with Gasteiger partial charge in [0, 0.05) is 17.9 Å². The number of imidazole rings is 1. The lowest BCUT2D eigenvalue weighted by Crippen LogP contribution is -2.37. The topological polar surface area (TPSA) is 17.8 Å². The average Bonchev–Trinajstić information content (AvgIpc) is 3.44. The Kier molecular flexibility index (Phi) is 21.5. The van der Waals surface area contributed by atoms with Crippen molar-refractivity contribution in [3.63, 3.8) is 0 Å². The van der Waals surface area contributed by atoms with E-state index in [9.17, 15) is 0 Å². The van der Waals surface area contributed by atoms with E-state index in [2.05, 4.69) is 49.8 Å². The van der Waals surface area contributed by atoms with Crippen LogP contribution in [0.3, 0.4) is 0 Å². The Balaban J connectivity index is 2.27. The third-order valence-electron chi connectivity index (χ3n) is 9.00. The highest BCUT2D eigenvalue weighted by atomic mass is 15.1. The van der Waals surface area contributed by atoms with Crippen molar-refractivity contribution in [1.82, 2.24) is 9.55 Å². The minimum Gasteiger partial charge on any atom is -0.331 e. The maximum atomic E-state index is 4.40. The number of unbranched alkanes of at least 4 members (excludes halogenated alkanes) is 20. The second-order valence-electron chi connectivity index (χ2n) is 12.0. The van der Waals surface area contributed by atoms with Crippen molar-refractivity contribution in [2.45, 2.75) is 194 Å². The van der Waals surface area contributed by atoms with Gasteiger partial charge in [-0.25, -0.2) is 4.98 Å². The molecular formula is C34H66N2. The summed E-state index contributed by atoms with van der Waals surface area (Å²) in [6.07, 6.45) is 41.8. The van der Waals surface area contributed by atoms with Crippen LogP contribution in [0, 0.1) is 5.92 Å². The predicted octanol–water partition coefficient (Wildman–Crippen LogP) is 12.0. The summed E-state index contributed by atoms with van der Waals surface area (Å²) in [5.74, 6) is 0.772. The second kappa shape index (κ2) is 23.3. The van der Waals surface area contributed by atoms with Gasteiger partial charge in [0.1, 0.15) is 0 Å². The van der Waals surface area contributed by atoms with Crippen molar-refractivity contribution in [1.29, 1.82) is 0 Å². The SMILES string of the molecule is CCCCCCCCCCCCCCC(CCCCCCCCCCCC)C(C)(CC)n1ccnc1. The summed E-state index contributed by atoms with van der Waals surface area (Å²) < 4.78 is 2.43. The van der Waals surface area contributed by atoms with Gasteiger partial charge in [0.05, 0.1) is 6.33 Å². The van der Waals surface area contributed by atoms with Gasteiger partial charge in [-0.15, -0.1) is 0 Å². The summed E-state index contributed by atoms with van der Waals surface area (Å²) in [4.78, 5) is 4.40. The van der Waals surface area contributed by atoms with Gasteiger partial charge >= 0.3 is 0 Å². The molecule has 0 bridgehead atoms. The van der Waals surface area contributed by atoms with Gasteiger partial charge in [-0.05, 0) is 32.1 Å². The zero-order chi connectivity index (χ0) is 26.2. The first-order valence-electron chi connectivity index (χ1n) is 16.7. The normalized spacial score (nSPS) is 14.2. The minimum absolute atomic E-state index is 0.216. The zero-order valence-corrected chi connectivity index (χ0v) is 25.4. The number of hydrogen-bond acceptors (Lipinski definition) is 1. The number of rotatable bonds is 27. The van der Waals surface area contributed by atoms with Crippen LogP contribution in [0.4, 0.5) is 0 Å².